The van der Waals surface area contributed by atoms with Crippen LogP contribution in [-0.2, 0) is 9.53 Å². The summed E-state index contributed by atoms with van der Waals surface area (Å²) in [5, 5.41) is 5.93. The van der Waals surface area contributed by atoms with Gasteiger partial charge in [0.05, 0.1) is 12.6 Å². The number of hydrogen-bond acceptors (Lipinski definition) is 3. The van der Waals surface area contributed by atoms with Crippen molar-refractivity contribution in [3.05, 3.63) is 0 Å². The van der Waals surface area contributed by atoms with Gasteiger partial charge in [-0.05, 0) is 27.7 Å². The van der Waals surface area contributed by atoms with Gasteiger partial charge in [-0.1, -0.05) is 0 Å². The molecule has 84 valence electrons. The van der Waals surface area contributed by atoms with Crippen molar-refractivity contribution >= 4 is 5.91 Å². The molecule has 0 bridgehead atoms. The van der Waals surface area contributed by atoms with Crippen molar-refractivity contribution in [1.82, 2.24) is 10.6 Å². The summed E-state index contributed by atoms with van der Waals surface area (Å²) in [6.45, 7) is 9.75. The maximum Gasteiger partial charge on any atom is 0.236 e. The summed E-state index contributed by atoms with van der Waals surface area (Å²) in [7, 11) is 0. The first-order valence-corrected chi connectivity index (χ1v) is 5.23. The quantitative estimate of drug-likeness (QED) is 0.633. The molecule has 0 saturated heterocycles. The highest BCUT2D eigenvalue weighted by Gasteiger charge is 2.13. The van der Waals surface area contributed by atoms with Gasteiger partial charge in [-0.15, -0.1) is 0 Å². The number of ether oxygens (including phenoxy) is 1. The predicted molar refractivity (Wildman–Crippen MR) is 57.2 cm³/mol. The van der Waals surface area contributed by atoms with Crippen LogP contribution in [0.3, 0.4) is 0 Å². The highest BCUT2D eigenvalue weighted by molar-refractivity contribution is 5.81. The summed E-state index contributed by atoms with van der Waals surface area (Å²) in [5.74, 6) is 0.0378. The molecule has 0 aliphatic heterocycles. The first kappa shape index (κ1) is 13.4. The van der Waals surface area contributed by atoms with Gasteiger partial charge in [0.25, 0.3) is 0 Å². The number of likely N-dealkylation sites (N-methyl/N-ethyl adjacent to an activating group) is 1. The van der Waals surface area contributed by atoms with E-state index in [0.29, 0.717) is 19.8 Å². The molecule has 0 aromatic rings. The zero-order valence-electron chi connectivity index (χ0n) is 9.59. The monoisotopic (exact) mass is 202 g/mol. The van der Waals surface area contributed by atoms with E-state index in [4.69, 9.17) is 4.74 Å². The second-order valence-electron chi connectivity index (χ2n) is 3.34. The van der Waals surface area contributed by atoms with Gasteiger partial charge < -0.3 is 15.4 Å². The highest BCUT2D eigenvalue weighted by Crippen LogP contribution is 1.89. The lowest BCUT2D eigenvalue weighted by Crippen LogP contribution is -2.47. The molecule has 4 nitrogen and oxygen atoms in total. The van der Waals surface area contributed by atoms with Crippen molar-refractivity contribution in [3.8, 4) is 0 Å². The minimum atomic E-state index is -0.162. The Morgan fingerprint density at radius 3 is 2.50 bits per heavy atom. The van der Waals surface area contributed by atoms with E-state index in [1.807, 2.05) is 27.7 Å². The van der Waals surface area contributed by atoms with E-state index in [2.05, 4.69) is 10.6 Å². The summed E-state index contributed by atoms with van der Waals surface area (Å²) in [6, 6.07) is 0.0398. The van der Waals surface area contributed by atoms with Gasteiger partial charge in [-0.3, -0.25) is 4.79 Å². The van der Waals surface area contributed by atoms with Crippen LogP contribution >= 0.6 is 0 Å². The molecule has 0 aromatic carbocycles. The van der Waals surface area contributed by atoms with Crippen LogP contribution in [0.5, 0.6) is 0 Å². The number of nitrogens with one attached hydrogen (secondary N) is 2. The van der Waals surface area contributed by atoms with Crippen molar-refractivity contribution in [3.63, 3.8) is 0 Å². The van der Waals surface area contributed by atoms with Crippen molar-refractivity contribution in [2.24, 2.45) is 0 Å². The van der Waals surface area contributed by atoms with Gasteiger partial charge in [0.2, 0.25) is 5.91 Å². The van der Waals surface area contributed by atoms with E-state index in [0.717, 1.165) is 0 Å². The lowest BCUT2D eigenvalue weighted by Gasteiger charge is -2.18. The molecule has 0 aliphatic rings. The van der Waals surface area contributed by atoms with Crippen LogP contribution < -0.4 is 10.6 Å². The van der Waals surface area contributed by atoms with Crippen LogP contribution in [0.15, 0.2) is 0 Å². The molecular formula is C10H22N2O2. The van der Waals surface area contributed by atoms with E-state index >= 15 is 0 Å². The molecule has 0 fully saturated rings. The topological polar surface area (TPSA) is 50.4 Å². The van der Waals surface area contributed by atoms with Gasteiger partial charge >= 0.3 is 0 Å². The fourth-order valence-electron chi connectivity index (χ4n) is 1.17. The Morgan fingerprint density at radius 2 is 2.00 bits per heavy atom. The molecule has 4 heteroatoms. The van der Waals surface area contributed by atoms with Crippen LogP contribution in [0.2, 0.25) is 0 Å². The number of amides is 1. The average Bonchev–Trinajstić information content (AvgIpc) is 2.15. The van der Waals surface area contributed by atoms with Crippen LogP contribution in [0, 0.1) is 0 Å². The van der Waals surface area contributed by atoms with E-state index < -0.39 is 0 Å². The Bertz CT molecular complexity index is 162. The highest BCUT2D eigenvalue weighted by atomic mass is 16.5. The number of carbonyl (C=O) groups is 1. The fourth-order valence-corrected chi connectivity index (χ4v) is 1.17. The molecule has 0 spiro atoms. The second kappa shape index (κ2) is 7.76. The summed E-state index contributed by atoms with van der Waals surface area (Å²) >= 11 is 0. The normalized spacial score (nSPS) is 14.9. The molecule has 2 atom stereocenters. The third-order valence-electron chi connectivity index (χ3n) is 1.85. The zero-order chi connectivity index (χ0) is 11.0. The summed E-state index contributed by atoms with van der Waals surface area (Å²) in [4.78, 5) is 11.3. The molecule has 0 aliphatic carbocycles. The van der Waals surface area contributed by atoms with Crippen LogP contribution in [0.25, 0.3) is 0 Å². The Labute approximate surface area is 86.4 Å². The lowest BCUT2D eigenvalue weighted by atomic mass is 10.2. The van der Waals surface area contributed by atoms with Crippen LogP contribution in [-0.4, -0.2) is 37.7 Å². The third-order valence-corrected chi connectivity index (χ3v) is 1.85. The van der Waals surface area contributed by atoms with Crippen molar-refractivity contribution in [2.75, 3.05) is 19.8 Å². The molecule has 0 aromatic heterocycles. The van der Waals surface area contributed by atoms with E-state index in [-0.39, 0.29) is 18.0 Å². The van der Waals surface area contributed by atoms with Crippen molar-refractivity contribution < 1.29 is 9.53 Å². The minimum Gasteiger partial charge on any atom is -0.380 e. The number of rotatable bonds is 7. The van der Waals surface area contributed by atoms with Crippen LogP contribution in [0.1, 0.15) is 27.7 Å². The largest absolute Gasteiger partial charge is 0.380 e. The number of hydrogen-bond donors (Lipinski definition) is 2. The molecule has 0 radical (unpaired) electrons. The Morgan fingerprint density at radius 1 is 1.36 bits per heavy atom. The maximum absolute atomic E-state index is 11.3. The molecule has 2 unspecified atom stereocenters. The summed E-state index contributed by atoms with van der Waals surface area (Å²) in [5.41, 5.74) is 0. The average molecular weight is 202 g/mol. The Kier molecular flexibility index (Phi) is 7.42. The van der Waals surface area contributed by atoms with Gasteiger partial charge in [0.15, 0.2) is 0 Å². The molecule has 2 N–H and O–H groups in total. The molecule has 14 heavy (non-hydrogen) atoms. The van der Waals surface area contributed by atoms with Gasteiger partial charge in [0, 0.05) is 19.2 Å². The molecule has 1 amide bonds. The van der Waals surface area contributed by atoms with Crippen molar-refractivity contribution in [1.29, 1.82) is 0 Å². The van der Waals surface area contributed by atoms with Gasteiger partial charge in [-0.25, -0.2) is 0 Å². The molecular weight excluding hydrogens is 180 g/mol. The van der Waals surface area contributed by atoms with Gasteiger partial charge in [0.1, 0.15) is 0 Å². The van der Waals surface area contributed by atoms with E-state index in [1.165, 1.54) is 0 Å². The smallest absolute Gasteiger partial charge is 0.236 e. The molecule has 0 saturated carbocycles. The molecule has 0 heterocycles. The Balaban J connectivity index is 3.68. The van der Waals surface area contributed by atoms with Crippen LogP contribution in [0.4, 0.5) is 0 Å². The molecule has 0 rings (SSSR count). The fraction of sp³-hybridized carbons (Fsp3) is 0.900. The standard InChI is InChI=1S/C10H22N2O2/c1-5-11-10(13)9(4)12-8(3)7-14-6-2/h8-9,12H,5-7H2,1-4H3,(H,11,13). The zero-order valence-corrected chi connectivity index (χ0v) is 9.59. The third kappa shape index (κ3) is 5.94. The van der Waals surface area contributed by atoms with E-state index in [1.54, 1.807) is 0 Å². The van der Waals surface area contributed by atoms with Crippen molar-refractivity contribution in [2.45, 2.75) is 39.8 Å². The number of carbonyl (C=O) groups excluding carboxylic acids is 1. The SMILES string of the molecule is CCNC(=O)C(C)NC(C)COCC. The minimum absolute atomic E-state index is 0.0378. The second-order valence-corrected chi connectivity index (χ2v) is 3.34. The Hall–Kier alpha value is -0.610. The first-order valence-electron chi connectivity index (χ1n) is 5.23. The summed E-state index contributed by atoms with van der Waals surface area (Å²) in [6.07, 6.45) is 0. The first-order chi connectivity index (χ1) is 6.61. The lowest BCUT2D eigenvalue weighted by molar-refractivity contribution is -0.122. The predicted octanol–water partition coefficient (Wildman–Crippen LogP) is 0.526. The maximum atomic E-state index is 11.3. The summed E-state index contributed by atoms with van der Waals surface area (Å²) < 4.78 is 5.24. The van der Waals surface area contributed by atoms with Gasteiger partial charge in [-0.2, -0.15) is 0 Å². The van der Waals surface area contributed by atoms with E-state index in [9.17, 15) is 4.79 Å².